The number of rotatable bonds is 6. The van der Waals surface area contributed by atoms with Gasteiger partial charge in [-0.15, -0.1) is 0 Å². The molecular weight excluding hydrogens is 434 g/mol. The first-order valence-electron chi connectivity index (χ1n) is 10.7. The summed E-state index contributed by atoms with van der Waals surface area (Å²) in [6.07, 6.45) is 0. The number of carbonyl (C=O) groups is 2. The van der Waals surface area contributed by atoms with Crippen LogP contribution in [0.2, 0.25) is 0 Å². The van der Waals surface area contributed by atoms with Crippen LogP contribution in [0.3, 0.4) is 0 Å². The average molecular weight is 453 g/mol. The van der Waals surface area contributed by atoms with E-state index in [2.05, 4.69) is 5.32 Å². The predicted molar refractivity (Wildman–Crippen MR) is 128 cm³/mol. The molecule has 2 aromatic heterocycles. The van der Waals surface area contributed by atoms with Crippen LogP contribution in [0.25, 0.3) is 21.9 Å². The van der Waals surface area contributed by atoms with Crippen LogP contribution in [0.5, 0.6) is 5.75 Å². The first kappa shape index (κ1) is 21.2. The summed E-state index contributed by atoms with van der Waals surface area (Å²) in [6.45, 7) is 2.39. The quantitative estimate of drug-likeness (QED) is 0.345. The maximum absolute atomic E-state index is 13.3. The third-order valence-corrected chi connectivity index (χ3v) is 5.33. The van der Waals surface area contributed by atoms with Gasteiger partial charge in [0.2, 0.25) is 5.78 Å². The Morgan fingerprint density at radius 1 is 0.853 bits per heavy atom. The SMILES string of the molecule is CCOc1ccc(C(=O)c2oc3ccccc3c2NC(=O)c2cc(=O)c3ccccc3o2)cc1. The van der Waals surface area contributed by atoms with Crippen LogP contribution in [0, 0.1) is 0 Å². The second-order valence-electron chi connectivity index (χ2n) is 7.51. The maximum Gasteiger partial charge on any atom is 0.291 e. The van der Waals surface area contributed by atoms with Crippen molar-refractivity contribution in [3.05, 3.63) is 106 Å². The largest absolute Gasteiger partial charge is 0.494 e. The van der Waals surface area contributed by atoms with Crippen molar-refractivity contribution in [1.29, 1.82) is 0 Å². The predicted octanol–water partition coefficient (Wildman–Crippen LogP) is 5.42. The van der Waals surface area contributed by atoms with Crippen molar-refractivity contribution >= 4 is 39.3 Å². The Morgan fingerprint density at radius 2 is 1.50 bits per heavy atom. The molecule has 7 heteroatoms. The van der Waals surface area contributed by atoms with Crippen LogP contribution >= 0.6 is 0 Å². The van der Waals surface area contributed by atoms with Crippen molar-refractivity contribution in [3.63, 3.8) is 0 Å². The lowest BCUT2D eigenvalue weighted by Gasteiger charge is -2.07. The minimum absolute atomic E-state index is 0.0261. The topological polar surface area (TPSA) is 98.7 Å². The van der Waals surface area contributed by atoms with Crippen molar-refractivity contribution in [2.75, 3.05) is 11.9 Å². The van der Waals surface area contributed by atoms with E-state index < -0.39 is 11.7 Å². The highest BCUT2D eigenvalue weighted by Crippen LogP contribution is 2.33. The van der Waals surface area contributed by atoms with Gasteiger partial charge in [0.15, 0.2) is 16.9 Å². The lowest BCUT2D eigenvalue weighted by atomic mass is 10.1. The molecule has 0 bridgehead atoms. The number of benzene rings is 3. The van der Waals surface area contributed by atoms with Gasteiger partial charge in [-0.3, -0.25) is 14.4 Å². The molecule has 3 aromatic carbocycles. The van der Waals surface area contributed by atoms with E-state index in [1.54, 1.807) is 72.8 Å². The van der Waals surface area contributed by atoms with Gasteiger partial charge in [-0.05, 0) is 55.5 Å². The van der Waals surface area contributed by atoms with Gasteiger partial charge in [-0.1, -0.05) is 24.3 Å². The summed E-state index contributed by atoms with van der Waals surface area (Å²) in [4.78, 5) is 38.8. The number of fused-ring (bicyclic) bond motifs is 2. The van der Waals surface area contributed by atoms with Crippen molar-refractivity contribution in [3.8, 4) is 5.75 Å². The fourth-order valence-corrected chi connectivity index (χ4v) is 3.72. The zero-order chi connectivity index (χ0) is 23.7. The number of amides is 1. The number of furan rings is 1. The summed E-state index contributed by atoms with van der Waals surface area (Å²) >= 11 is 0. The molecule has 0 fully saturated rings. The van der Waals surface area contributed by atoms with E-state index in [1.807, 2.05) is 6.92 Å². The van der Waals surface area contributed by atoms with Crippen molar-refractivity contribution in [2.24, 2.45) is 0 Å². The summed E-state index contributed by atoms with van der Waals surface area (Å²) in [6, 6.07) is 21.4. The molecule has 5 aromatic rings. The Kier molecular flexibility index (Phi) is 5.43. The van der Waals surface area contributed by atoms with Crippen molar-refractivity contribution in [1.82, 2.24) is 0 Å². The molecule has 0 aliphatic heterocycles. The van der Waals surface area contributed by atoms with Crippen LogP contribution in [-0.4, -0.2) is 18.3 Å². The average Bonchev–Trinajstić information content (AvgIpc) is 3.22. The third-order valence-electron chi connectivity index (χ3n) is 5.33. The molecule has 0 spiro atoms. The second kappa shape index (κ2) is 8.71. The van der Waals surface area contributed by atoms with E-state index >= 15 is 0 Å². The van der Waals surface area contributed by atoms with Gasteiger partial charge in [0, 0.05) is 17.0 Å². The fraction of sp³-hybridized carbons (Fsp3) is 0.0741. The number of para-hydroxylation sites is 2. The van der Waals surface area contributed by atoms with Gasteiger partial charge in [0.1, 0.15) is 16.9 Å². The normalized spacial score (nSPS) is 11.0. The highest BCUT2D eigenvalue weighted by molar-refractivity contribution is 6.18. The standard InChI is InChI=1S/C27H19NO6/c1-2-32-17-13-11-16(12-14-17)25(30)26-24(19-8-4-6-10-22(19)34-26)28-27(31)23-15-20(29)18-7-3-5-9-21(18)33-23/h3-15H,2H2,1H3,(H,28,31). The van der Waals surface area contributed by atoms with Gasteiger partial charge in [0.05, 0.1) is 17.7 Å². The fourth-order valence-electron chi connectivity index (χ4n) is 3.72. The number of anilines is 1. The Labute approximate surface area is 193 Å². The van der Waals surface area contributed by atoms with Gasteiger partial charge in [0.25, 0.3) is 5.91 Å². The van der Waals surface area contributed by atoms with E-state index in [-0.39, 0.29) is 22.6 Å². The summed E-state index contributed by atoms with van der Waals surface area (Å²) < 4.78 is 16.9. The summed E-state index contributed by atoms with van der Waals surface area (Å²) in [5.74, 6) is -0.636. The Balaban J connectivity index is 1.54. The molecule has 0 aliphatic rings. The van der Waals surface area contributed by atoms with E-state index in [1.165, 1.54) is 0 Å². The molecular formula is C27H19NO6. The lowest BCUT2D eigenvalue weighted by molar-refractivity contribution is 0.0997. The summed E-state index contributed by atoms with van der Waals surface area (Å²) in [7, 11) is 0. The van der Waals surface area contributed by atoms with E-state index in [0.717, 1.165) is 6.07 Å². The second-order valence-corrected chi connectivity index (χ2v) is 7.51. The van der Waals surface area contributed by atoms with E-state index in [9.17, 15) is 14.4 Å². The van der Waals surface area contributed by atoms with Crippen LogP contribution in [0.1, 0.15) is 33.6 Å². The Morgan fingerprint density at radius 3 is 2.21 bits per heavy atom. The van der Waals surface area contributed by atoms with Gasteiger partial charge >= 0.3 is 0 Å². The molecule has 0 aliphatic carbocycles. The molecule has 2 heterocycles. The minimum atomic E-state index is -0.671. The number of ketones is 1. The van der Waals surface area contributed by atoms with Crippen LogP contribution in [0.4, 0.5) is 5.69 Å². The maximum atomic E-state index is 13.3. The van der Waals surface area contributed by atoms with Crippen molar-refractivity contribution in [2.45, 2.75) is 6.92 Å². The molecule has 0 saturated heterocycles. The first-order chi connectivity index (χ1) is 16.5. The lowest BCUT2D eigenvalue weighted by Crippen LogP contribution is -2.16. The van der Waals surface area contributed by atoms with Crippen LogP contribution in [-0.2, 0) is 0 Å². The molecule has 5 rings (SSSR count). The molecule has 168 valence electrons. The highest BCUT2D eigenvalue weighted by Gasteiger charge is 2.25. The van der Waals surface area contributed by atoms with E-state index in [0.29, 0.717) is 39.9 Å². The molecule has 0 saturated carbocycles. The number of hydrogen-bond acceptors (Lipinski definition) is 6. The molecule has 1 amide bonds. The van der Waals surface area contributed by atoms with E-state index in [4.69, 9.17) is 13.6 Å². The Hall–Kier alpha value is -4.65. The number of nitrogens with one attached hydrogen (secondary N) is 1. The first-order valence-corrected chi connectivity index (χ1v) is 10.7. The summed E-state index contributed by atoms with van der Waals surface area (Å²) in [5.41, 5.74) is 0.968. The Bertz CT molecular complexity index is 1590. The molecule has 1 N–H and O–H groups in total. The molecule has 7 nitrogen and oxygen atoms in total. The zero-order valence-corrected chi connectivity index (χ0v) is 18.2. The molecule has 0 radical (unpaired) electrons. The van der Waals surface area contributed by atoms with Gasteiger partial charge in [-0.2, -0.15) is 0 Å². The number of carbonyl (C=O) groups excluding carboxylic acids is 2. The van der Waals surface area contributed by atoms with Gasteiger partial charge in [-0.25, -0.2) is 0 Å². The van der Waals surface area contributed by atoms with Gasteiger partial charge < -0.3 is 18.9 Å². The van der Waals surface area contributed by atoms with Crippen LogP contribution in [0.15, 0.2) is 92.5 Å². The molecule has 34 heavy (non-hydrogen) atoms. The number of hydrogen-bond donors (Lipinski definition) is 1. The van der Waals surface area contributed by atoms with Crippen molar-refractivity contribution < 1.29 is 23.2 Å². The molecule has 0 atom stereocenters. The monoisotopic (exact) mass is 453 g/mol. The minimum Gasteiger partial charge on any atom is -0.494 e. The zero-order valence-electron chi connectivity index (χ0n) is 18.2. The van der Waals surface area contributed by atoms with Crippen LogP contribution < -0.4 is 15.5 Å². The smallest absolute Gasteiger partial charge is 0.291 e. The third kappa shape index (κ3) is 3.84. The summed E-state index contributed by atoms with van der Waals surface area (Å²) in [5, 5.41) is 3.64. The highest BCUT2D eigenvalue weighted by atomic mass is 16.5. The molecule has 0 unspecified atom stereocenters. The number of ether oxygens (including phenoxy) is 1.